The van der Waals surface area contributed by atoms with Crippen LogP contribution in [-0.4, -0.2) is 20.5 Å². The van der Waals surface area contributed by atoms with E-state index in [2.05, 4.69) is 38.7 Å². The molecule has 0 radical (unpaired) electrons. The van der Waals surface area contributed by atoms with E-state index in [0.29, 0.717) is 5.41 Å². The van der Waals surface area contributed by atoms with Crippen LogP contribution in [0.4, 0.5) is 0 Å². The number of carbonyl (C=O) groups excluding carboxylic acids is 1. The van der Waals surface area contributed by atoms with E-state index < -0.39 is 0 Å². The first-order chi connectivity index (χ1) is 5.39. The fourth-order valence-corrected chi connectivity index (χ4v) is 0. The normalized spacial score (nSPS) is 8.50. The van der Waals surface area contributed by atoms with Crippen LogP contribution in [0.5, 0.6) is 0 Å². The average molecular weight is 176 g/mol. The monoisotopic (exact) mass is 176 g/mol. The van der Waals surface area contributed by atoms with Gasteiger partial charge in [-0.05, 0) is 19.5 Å². The highest BCUT2D eigenvalue weighted by Gasteiger charge is 2.03. The van der Waals surface area contributed by atoms with E-state index in [9.17, 15) is 0 Å². The SMILES string of the molecule is CCC(C)(C)C.CNC.NC=O. The van der Waals surface area contributed by atoms with Crippen LogP contribution < -0.4 is 11.1 Å². The number of primary amides is 1. The predicted octanol–water partition coefficient (Wildman–Crippen LogP) is 1.38. The lowest BCUT2D eigenvalue weighted by molar-refractivity contribution is -0.106. The van der Waals surface area contributed by atoms with Crippen LogP contribution in [0, 0.1) is 5.41 Å². The zero-order valence-corrected chi connectivity index (χ0v) is 9.27. The van der Waals surface area contributed by atoms with Crippen LogP contribution in [0.3, 0.4) is 0 Å². The van der Waals surface area contributed by atoms with Gasteiger partial charge in [0.15, 0.2) is 0 Å². The van der Waals surface area contributed by atoms with Gasteiger partial charge in [-0.15, -0.1) is 0 Å². The molecule has 3 N–H and O–H groups in total. The molecule has 0 unspecified atom stereocenters. The molecule has 0 spiro atoms. The molecule has 76 valence electrons. The molecule has 0 rings (SSSR count). The highest BCUT2D eigenvalue weighted by molar-refractivity contribution is 5.42. The number of amides is 1. The number of hydrogen-bond acceptors (Lipinski definition) is 2. The van der Waals surface area contributed by atoms with E-state index in [1.165, 1.54) is 6.42 Å². The maximum Gasteiger partial charge on any atom is 0.204 e. The summed E-state index contributed by atoms with van der Waals surface area (Å²) < 4.78 is 0. The molecule has 0 fully saturated rings. The van der Waals surface area contributed by atoms with Gasteiger partial charge in [-0.25, -0.2) is 0 Å². The van der Waals surface area contributed by atoms with E-state index in [-0.39, 0.29) is 6.41 Å². The molecule has 0 aromatic rings. The van der Waals surface area contributed by atoms with Gasteiger partial charge in [0.25, 0.3) is 0 Å². The average Bonchev–Trinajstić information content (AvgIpc) is 1.90. The van der Waals surface area contributed by atoms with Crippen molar-refractivity contribution in [3.8, 4) is 0 Å². The summed E-state index contributed by atoms with van der Waals surface area (Å²) in [7, 11) is 3.75. The quantitative estimate of drug-likeness (QED) is 0.548. The van der Waals surface area contributed by atoms with Crippen LogP contribution in [0.1, 0.15) is 34.1 Å². The Morgan fingerprint density at radius 1 is 1.33 bits per heavy atom. The lowest BCUT2D eigenvalue weighted by Crippen LogP contribution is -2.00. The Bertz CT molecular complexity index is 77.1. The molecule has 0 atom stereocenters. The Balaban J connectivity index is -0.000000115. The number of carbonyl (C=O) groups is 1. The zero-order chi connectivity index (χ0) is 10.6. The van der Waals surface area contributed by atoms with Gasteiger partial charge in [-0.3, -0.25) is 4.79 Å². The van der Waals surface area contributed by atoms with Crippen molar-refractivity contribution in [1.29, 1.82) is 0 Å². The van der Waals surface area contributed by atoms with Crippen molar-refractivity contribution in [2.24, 2.45) is 11.1 Å². The molecule has 0 saturated heterocycles. The summed E-state index contributed by atoms with van der Waals surface area (Å²) in [5, 5.41) is 2.75. The maximum absolute atomic E-state index is 8.58. The minimum Gasteiger partial charge on any atom is -0.372 e. The summed E-state index contributed by atoms with van der Waals surface area (Å²) in [5.41, 5.74) is 4.71. The van der Waals surface area contributed by atoms with E-state index in [0.717, 1.165) is 0 Å². The molecule has 0 aliphatic heterocycles. The molecule has 0 heterocycles. The van der Waals surface area contributed by atoms with Crippen molar-refractivity contribution in [3.63, 3.8) is 0 Å². The van der Waals surface area contributed by atoms with Gasteiger partial charge in [0.05, 0.1) is 0 Å². The van der Waals surface area contributed by atoms with Crippen molar-refractivity contribution in [2.75, 3.05) is 14.1 Å². The Morgan fingerprint density at radius 3 is 1.42 bits per heavy atom. The Labute approximate surface area is 76.7 Å². The van der Waals surface area contributed by atoms with Gasteiger partial charge >= 0.3 is 0 Å². The lowest BCUT2D eigenvalue weighted by atomic mass is 9.94. The second kappa shape index (κ2) is 13.1. The first kappa shape index (κ1) is 17.5. The molecule has 0 saturated carbocycles. The van der Waals surface area contributed by atoms with Crippen LogP contribution in [0.25, 0.3) is 0 Å². The predicted molar refractivity (Wildman–Crippen MR) is 55.0 cm³/mol. The summed E-state index contributed by atoms with van der Waals surface area (Å²) in [6.07, 6.45) is 1.52. The summed E-state index contributed by atoms with van der Waals surface area (Å²) in [6.45, 7) is 8.94. The Kier molecular flexibility index (Phi) is 19.0. The summed E-state index contributed by atoms with van der Waals surface area (Å²) >= 11 is 0. The standard InChI is InChI=1S/C6H14.C2H7N.CH3NO/c1-5-6(2,3)4;1-3-2;2-1-3/h5H2,1-4H3;3H,1-2H3;1H,(H2,2,3). The van der Waals surface area contributed by atoms with Gasteiger partial charge < -0.3 is 11.1 Å². The number of nitrogens with one attached hydrogen (secondary N) is 1. The fourth-order valence-electron chi connectivity index (χ4n) is 0. The lowest BCUT2D eigenvalue weighted by Gasteiger charge is -2.12. The third-order valence-corrected chi connectivity index (χ3v) is 1.06. The number of hydrogen-bond donors (Lipinski definition) is 2. The number of nitrogens with two attached hydrogens (primary N) is 1. The molecule has 0 bridgehead atoms. The van der Waals surface area contributed by atoms with Crippen molar-refractivity contribution in [2.45, 2.75) is 34.1 Å². The van der Waals surface area contributed by atoms with E-state index in [1.807, 2.05) is 14.1 Å². The van der Waals surface area contributed by atoms with Crippen molar-refractivity contribution < 1.29 is 4.79 Å². The summed E-state index contributed by atoms with van der Waals surface area (Å²) in [6, 6.07) is 0. The molecular weight excluding hydrogens is 152 g/mol. The molecule has 0 aromatic heterocycles. The highest BCUT2D eigenvalue weighted by Crippen LogP contribution is 2.16. The van der Waals surface area contributed by atoms with Crippen molar-refractivity contribution in [3.05, 3.63) is 0 Å². The van der Waals surface area contributed by atoms with Crippen LogP contribution in [0.15, 0.2) is 0 Å². The molecule has 0 aliphatic rings. The molecule has 3 nitrogen and oxygen atoms in total. The Hall–Kier alpha value is -0.570. The third-order valence-electron chi connectivity index (χ3n) is 1.06. The third kappa shape index (κ3) is 113. The molecule has 0 aromatic carbocycles. The summed E-state index contributed by atoms with van der Waals surface area (Å²) in [4.78, 5) is 8.58. The molecule has 3 heteroatoms. The molecule has 0 aliphatic carbocycles. The van der Waals surface area contributed by atoms with Crippen molar-refractivity contribution >= 4 is 6.41 Å². The van der Waals surface area contributed by atoms with Gasteiger partial charge in [0, 0.05) is 0 Å². The first-order valence-electron chi connectivity index (χ1n) is 4.13. The zero-order valence-electron chi connectivity index (χ0n) is 9.27. The van der Waals surface area contributed by atoms with Crippen LogP contribution in [0.2, 0.25) is 0 Å². The second-order valence-electron chi connectivity index (χ2n) is 3.55. The van der Waals surface area contributed by atoms with E-state index >= 15 is 0 Å². The van der Waals surface area contributed by atoms with Gasteiger partial charge in [0.1, 0.15) is 0 Å². The number of rotatable bonds is 0. The van der Waals surface area contributed by atoms with Crippen molar-refractivity contribution in [1.82, 2.24) is 5.32 Å². The first-order valence-corrected chi connectivity index (χ1v) is 4.13. The van der Waals surface area contributed by atoms with Crippen LogP contribution >= 0.6 is 0 Å². The fraction of sp³-hybridized carbons (Fsp3) is 0.889. The smallest absolute Gasteiger partial charge is 0.204 e. The minimum absolute atomic E-state index is 0.250. The minimum atomic E-state index is 0.250. The van der Waals surface area contributed by atoms with Gasteiger partial charge in [-0.1, -0.05) is 34.1 Å². The van der Waals surface area contributed by atoms with Gasteiger partial charge in [0.2, 0.25) is 6.41 Å². The van der Waals surface area contributed by atoms with Gasteiger partial charge in [-0.2, -0.15) is 0 Å². The molecular formula is C9H24N2O. The summed E-state index contributed by atoms with van der Waals surface area (Å²) in [5.74, 6) is 0. The molecule has 12 heavy (non-hydrogen) atoms. The van der Waals surface area contributed by atoms with E-state index in [4.69, 9.17) is 4.79 Å². The second-order valence-corrected chi connectivity index (χ2v) is 3.55. The molecule has 1 amide bonds. The maximum atomic E-state index is 8.58. The largest absolute Gasteiger partial charge is 0.372 e. The topological polar surface area (TPSA) is 55.1 Å². The van der Waals surface area contributed by atoms with Crippen LogP contribution in [-0.2, 0) is 4.79 Å². The highest BCUT2D eigenvalue weighted by atomic mass is 16.1. The Morgan fingerprint density at radius 2 is 1.42 bits per heavy atom. The van der Waals surface area contributed by atoms with E-state index in [1.54, 1.807) is 0 Å².